The lowest BCUT2D eigenvalue weighted by atomic mass is 10.0. The summed E-state index contributed by atoms with van der Waals surface area (Å²) >= 11 is 0. The second-order valence-corrected chi connectivity index (χ2v) is 8.41. The van der Waals surface area contributed by atoms with Crippen molar-refractivity contribution in [2.24, 2.45) is 5.10 Å². The van der Waals surface area contributed by atoms with Gasteiger partial charge in [-0.25, -0.2) is 18.6 Å². The molecule has 2 aliphatic rings. The quantitative estimate of drug-likeness (QED) is 0.558. The third kappa shape index (κ3) is 4.19. The lowest BCUT2D eigenvalue weighted by Crippen LogP contribution is -2.58. The number of carbonyl (C=O) groups excluding carboxylic acids is 1. The summed E-state index contributed by atoms with van der Waals surface area (Å²) in [6.45, 7) is 3.97. The molecule has 0 aliphatic carbocycles. The largest absolute Gasteiger partial charge is 0.483 e. The third-order valence-corrected chi connectivity index (χ3v) is 5.98. The number of carbonyl (C=O) groups is 1. The van der Waals surface area contributed by atoms with Crippen LogP contribution in [0, 0.1) is 36.8 Å². The maximum atomic E-state index is 14.4. The molecule has 2 amide bonds. The van der Waals surface area contributed by atoms with Gasteiger partial charge in [0.2, 0.25) is 0 Å². The number of halogens is 2. The predicted molar refractivity (Wildman–Crippen MR) is 119 cm³/mol. The molecule has 0 N–H and O–H groups in total. The lowest BCUT2D eigenvalue weighted by molar-refractivity contribution is 0.0257. The number of aromatic nitrogens is 2. The zero-order chi connectivity index (χ0) is 24.7. The maximum Gasteiger partial charge on any atom is 0.341 e. The van der Waals surface area contributed by atoms with Gasteiger partial charge in [0.1, 0.15) is 17.7 Å². The van der Waals surface area contributed by atoms with E-state index in [0.717, 1.165) is 12.3 Å². The molecule has 0 radical (unpaired) electrons. The second kappa shape index (κ2) is 8.79. The summed E-state index contributed by atoms with van der Waals surface area (Å²) in [5.41, 5.74) is 2.45. The van der Waals surface area contributed by atoms with Gasteiger partial charge < -0.3 is 14.2 Å². The Morgan fingerprint density at radius 2 is 2.03 bits per heavy atom. The van der Waals surface area contributed by atoms with Crippen molar-refractivity contribution in [1.29, 1.82) is 5.26 Å². The van der Waals surface area contributed by atoms with Crippen molar-refractivity contribution < 1.29 is 22.8 Å². The molecule has 1 saturated heterocycles. The van der Waals surface area contributed by atoms with E-state index in [1.165, 1.54) is 22.0 Å². The third-order valence-electron chi connectivity index (χ3n) is 5.98. The van der Waals surface area contributed by atoms with Gasteiger partial charge >= 0.3 is 6.03 Å². The van der Waals surface area contributed by atoms with Crippen LogP contribution in [0.1, 0.15) is 35.0 Å². The van der Waals surface area contributed by atoms with Crippen molar-refractivity contribution in [2.75, 3.05) is 13.1 Å². The van der Waals surface area contributed by atoms with Gasteiger partial charge in [0.15, 0.2) is 11.6 Å². The normalized spacial score (nSPS) is 17.4. The Morgan fingerprint density at radius 3 is 2.74 bits per heavy atom. The van der Waals surface area contributed by atoms with E-state index >= 15 is 0 Å². The fourth-order valence-corrected chi connectivity index (χ4v) is 4.23. The number of hydrogen-bond acceptors (Lipinski definition) is 7. The molecule has 1 aromatic carbocycles. The second-order valence-electron chi connectivity index (χ2n) is 8.41. The number of pyridine rings is 1. The molecule has 1 fully saturated rings. The minimum Gasteiger partial charge on any atom is -0.483 e. The van der Waals surface area contributed by atoms with E-state index in [1.54, 1.807) is 26.1 Å². The van der Waals surface area contributed by atoms with Crippen LogP contribution >= 0.6 is 0 Å². The number of urea groups is 1. The van der Waals surface area contributed by atoms with Gasteiger partial charge in [-0.05, 0) is 37.6 Å². The van der Waals surface area contributed by atoms with Crippen LogP contribution in [0.2, 0.25) is 0 Å². The van der Waals surface area contributed by atoms with Crippen molar-refractivity contribution in [2.45, 2.75) is 32.4 Å². The van der Waals surface area contributed by atoms with Gasteiger partial charge in [0, 0.05) is 18.7 Å². The van der Waals surface area contributed by atoms with Gasteiger partial charge in [0.25, 0.3) is 0 Å². The molecule has 2 aliphatic heterocycles. The van der Waals surface area contributed by atoms with Crippen LogP contribution in [0.3, 0.4) is 0 Å². The zero-order valence-corrected chi connectivity index (χ0v) is 18.9. The average molecular weight is 478 g/mol. The minimum absolute atomic E-state index is 0.0213. The van der Waals surface area contributed by atoms with Crippen LogP contribution in [-0.2, 0) is 0 Å². The Bertz CT molecular complexity index is 1360. The first kappa shape index (κ1) is 22.5. The Hall–Kier alpha value is -4.33. The Kier molecular flexibility index (Phi) is 5.64. The van der Waals surface area contributed by atoms with Crippen LogP contribution in [0.5, 0.6) is 5.75 Å². The summed E-state index contributed by atoms with van der Waals surface area (Å²) in [4.78, 5) is 18.7. The number of ether oxygens (including phenoxy) is 1. The number of benzene rings is 1. The highest BCUT2D eigenvalue weighted by Gasteiger charge is 2.39. The number of hydrazone groups is 1. The van der Waals surface area contributed by atoms with Crippen LogP contribution < -0.4 is 4.74 Å². The molecule has 35 heavy (non-hydrogen) atoms. The van der Waals surface area contributed by atoms with Gasteiger partial charge in [-0.2, -0.15) is 10.4 Å². The number of hydrogen-bond donors (Lipinski definition) is 0. The van der Waals surface area contributed by atoms with Crippen molar-refractivity contribution in [3.05, 3.63) is 64.7 Å². The molecular formula is C24H20F2N6O3. The standard InChI is InChI=1S/C24H20F2N6O3/c1-13-23(14(2)35-30-13)20-8-22(19(26)10-28-20)34-18-11-31(12-18)24(33)32-21(3-4-29-32)16-5-15(9-27)6-17(25)7-16/h4-8,10,18,21H,3,11-12H2,1-2H3. The summed E-state index contributed by atoms with van der Waals surface area (Å²) in [6, 6.07) is 6.50. The van der Waals surface area contributed by atoms with E-state index in [-0.39, 0.29) is 30.4 Å². The SMILES string of the molecule is Cc1noc(C)c1-c1cc(OC2CN(C(=O)N3N=CCC3c3cc(F)cc(C#N)c3)C2)c(F)cn1. The van der Waals surface area contributed by atoms with Crippen LogP contribution in [0.25, 0.3) is 11.3 Å². The van der Waals surface area contributed by atoms with Crippen LogP contribution in [0.4, 0.5) is 13.6 Å². The summed E-state index contributed by atoms with van der Waals surface area (Å²) < 4.78 is 39.3. The first-order chi connectivity index (χ1) is 16.8. The maximum absolute atomic E-state index is 14.4. The van der Waals surface area contributed by atoms with E-state index in [4.69, 9.17) is 14.5 Å². The molecular weight excluding hydrogens is 458 g/mol. The van der Waals surface area contributed by atoms with Crippen LogP contribution in [0.15, 0.2) is 40.1 Å². The Morgan fingerprint density at radius 1 is 1.23 bits per heavy atom. The smallest absolute Gasteiger partial charge is 0.341 e. The fourth-order valence-electron chi connectivity index (χ4n) is 4.23. The Balaban J connectivity index is 1.25. The molecule has 11 heteroatoms. The molecule has 4 heterocycles. The molecule has 0 bridgehead atoms. The van der Waals surface area contributed by atoms with Crippen LogP contribution in [-0.4, -0.2) is 51.5 Å². The number of likely N-dealkylation sites (tertiary alicyclic amines) is 1. The molecule has 2 aromatic heterocycles. The summed E-state index contributed by atoms with van der Waals surface area (Å²) in [7, 11) is 0. The molecule has 0 saturated carbocycles. The molecule has 3 aromatic rings. The number of nitriles is 1. The highest BCUT2D eigenvalue weighted by atomic mass is 19.1. The van der Waals surface area contributed by atoms with Crippen molar-refractivity contribution >= 4 is 12.2 Å². The Labute approximate surface area is 199 Å². The van der Waals surface area contributed by atoms with Crippen molar-refractivity contribution in [3.8, 4) is 23.1 Å². The highest BCUT2D eigenvalue weighted by molar-refractivity contribution is 5.79. The minimum atomic E-state index is -0.617. The predicted octanol–water partition coefficient (Wildman–Crippen LogP) is 4.12. The highest BCUT2D eigenvalue weighted by Crippen LogP contribution is 2.33. The molecule has 1 unspecified atom stereocenters. The molecule has 9 nitrogen and oxygen atoms in total. The monoisotopic (exact) mass is 478 g/mol. The lowest BCUT2D eigenvalue weighted by Gasteiger charge is -2.41. The summed E-state index contributed by atoms with van der Waals surface area (Å²) in [6.07, 6.45) is 2.64. The average Bonchev–Trinajstić information content (AvgIpc) is 3.43. The van der Waals surface area contributed by atoms with E-state index in [0.29, 0.717) is 34.7 Å². The topological polar surface area (TPSA) is 108 Å². The number of aryl methyl sites for hydroxylation is 2. The number of amides is 2. The van der Waals surface area contributed by atoms with Crippen molar-refractivity contribution in [3.63, 3.8) is 0 Å². The van der Waals surface area contributed by atoms with Gasteiger partial charge in [-0.1, -0.05) is 5.16 Å². The van der Waals surface area contributed by atoms with E-state index in [2.05, 4.69) is 15.2 Å². The first-order valence-electron chi connectivity index (χ1n) is 10.9. The fraction of sp³-hybridized carbons (Fsp3) is 0.292. The van der Waals surface area contributed by atoms with E-state index in [1.807, 2.05) is 6.07 Å². The molecule has 5 rings (SSSR count). The van der Waals surface area contributed by atoms with Gasteiger partial charge in [-0.3, -0.25) is 4.98 Å². The van der Waals surface area contributed by atoms with E-state index in [9.17, 15) is 13.6 Å². The first-order valence-corrected chi connectivity index (χ1v) is 10.9. The number of nitrogens with zero attached hydrogens (tertiary/aromatic N) is 6. The van der Waals surface area contributed by atoms with Gasteiger partial charge in [0.05, 0.1) is 53.9 Å². The van der Waals surface area contributed by atoms with E-state index < -0.39 is 23.8 Å². The zero-order valence-electron chi connectivity index (χ0n) is 18.9. The summed E-state index contributed by atoms with van der Waals surface area (Å²) in [5.74, 6) is -0.582. The molecule has 178 valence electrons. The number of rotatable bonds is 4. The molecule has 0 spiro atoms. The summed E-state index contributed by atoms with van der Waals surface area (Å²) in [5, 5.41) is 18.4. The molecule has 1 atom stereocenters. The van der Waals surface area contributed by atoms with Crippen molar-refractivity contribution in [1.82, 2.24) is 20.0 Å². The van der Waals surface area contributed by atoms with Gasteiger partial charge in [-0.15, -0.1) is 0 Å².